The van der Waals surface area contributed by atoms with Crippen LogP contribution in [0.3, 0.4) is 0 Å². The topological polar surface area (TPSA) is 17.8 Å². The molecule has 0 amide bonds. The fraction of sp³-hybridized carbons (Fsp3) is 0.0571. The van der Waals surface area contributed by atoms with Gasteiger partial charge in [0.15, 0.2) is 0 Å². The number of rotatable bonds is 3. The highest BCUT2D eigenvalue weighted by molar-refractivity contribution is 7.26. The Morgan fingerprint density at radius 3 is 2.34 bits per heavy atom. The molecular weight excluding hydrogens is 480 g/mol. The first-order chi connectivity index (χ1) is 18.8. The van der Waals surface area contributed by atoms with E-state index in [1.807, 2.05) is 11.3 Å². The summed E-state index contributed by atoms with van der Waals surface area (Å²) in [6.07, 6.45) is 11.2. The van der Waals surface area contributed by atoms with Crippen LogP contribution in [0.15, 0.2) is 121 Å². The number of para-hydroxylation sites is 1. The summed E-state index contributed by atoms with van der Waals surface area (Å²) in [5.41, 5.74) is 9.59. The number of thiophene rings is 1. The van der Waals surface area contributed by atoms with Gasteiger partial charge in [0.2, 0.25) is 0 Å². The lowest BCUT2D eigenvalue weighted by Crippen LogP contribution is -1.98. The van der Waals surface area contributed by atoms with E-state index in [4.69, 9.17) is 4.98 Å². The van der Waals surface area contributed by atoms with Crippen molar-refractivity contribution in [3.05, 3.63) is 127 Å². The molecule has 8 rings (SSSR count). The molecule has 180 valence electrons. The summed E-state index contributed by atoms with van der Waals surface area (Å²) in [4.78, 5) is 5.06. The minimum absolute atomic E-state index is 1.06. The molecule has 0 saturated carbocycles. The summed E-state index contributed by atoms with van der Waals surface area (Å²) in [7, 11) is 0. The van der Waals surface area contributed by atoms with Gasteiger partial charge < -0.3 is 4.57 Å². The number of hydrogen-bond acceptors (Lipinski definition) is 2. The van der Waals surface area contributed by atoms with Gasteiger partial charge in [0.1, 0.15) is 0 Å². The Labute approximate surface area is 224 Å². The quantitative estimate of drug-likeness (QED) is 0.234. The maximum absolute atomic E-state index is 5.06. The number of allylic oxidation sites excluding steroid dienone is 4. The lowest BCUT2D eigenvalue weighted by Gasteiger charge is -2.15. The minimum atomic E-state index is 1.06. The molecule has 3 aromatic heterocycles. The summed E-state index contributed by atoms with van der Waals surface area (Å²) in [6, 6.07) is 35.1. The van der Waals surface area contributed by atoms with E-state index in [0.29, 0.717) is 0 Å². The van der Waals surface area contributed by atoms with E-state index in [9.17, 15) is 0 Å². The normalized spacial score (nSPS) is 13.6. The number of nitrogens with zero attached hydrogens (tertiary/aromatic N) is 2. The predicted molar refractivity (Wildman–Crippen MR) is 163 cm³/mol. The van der Waals surface area contributed by atoms with Crippen molar-refractivity contribution in [2.45, 2.75) is 12.8 Å². The average molecular weight is 505 g/mol. The number of pyridine rings is 1. The van der Waals surface area contributed by atoms with Crippen molar-refractivity contribution < 1.29 is 0 Å². The van der Waals surface area contributed by atoms with Gasteiger partial charge in [-0.05, 0) is 65.4 Å². The molecule has 2 nitrogen and oxygen atoms in total. The van der Waals surface area contributed by atoms with Crippen LogP contribution in [0, 0.1) is 0 Å². The SMILES string of the molecule is C1=CC(c2cc(-c3ccccc3)cc(-n3c4ccccc4c4ncc5c6ccccc6sc5c43)c2)=CCC1. The van der Waals surface area contributed by atoms with E-state index < -0.39 is 0 Å². The third kappa shape index (κ3) is 3.29. The summed E-state index contributed by atoms with van der Waals surface area (Å²) >= 11 is 1.86. The van der Waals surface area contributed by atoms with Crippen molar-refractivity contribution in [1.29, 1.82) is 0 Å². The van der Waals surface area contributed by atoms with E-state index in [-0.39, 0.29) is 0 Å². The zero-order chi connectivity index (χ0) is 25.1. The van der Waals surface area contributed by atoms with Crippen molar-refractivity contribution in [2.75, 3.05) is 0 Å². The molecule has 0 fully saturated rings. The molecule has 0 saturated heterocycles. The van der Waals surface area contributed by atoms with Gasteiger partial charge in [0.25, 0.3) is 0 Å². The smallest absolute Gasteiger partial charge is 0.0978 e. The van der Waals surface area contributed by atoms with Crippen LogP contribution in [0.1, 0.15) is 18.4 Å². The molecule has 1 aliphatic carbocycles. The summed E-state index contributed by atoms with van der Waals surface area (Å²) < 4.78 is 5.03. The van der Waals surface area contributed by atoms with Crippen molar-refractivity contribution in [2.24, 2.45) is 0 Å². The second kappa shape index (κ2) is 8.54. The van der Waals surface area contributed by atoms with Crippen molar-refractivity contribution in [3.63, 3.8) is 0 Å². The molecule has 3 heteroatoms. The van der Waals surface area contributed by atoms with Gasteiger partial charge >= 0.3 is 0 Å². The Morgan fingerprint density at radius 2 is 1.47 bits per heavy atom. The number of hydrogen-bond donors (Lipinski definition) is 0. The molecule has 38 heavy (non-hydrogen) atoms. The second-order valence-corrected chi connectivity index (χ2v) is 11.0. The zero-order valence-corrected chi connectivity index (χ0v) is 21.6. The number of benzene rings is 4. The van der Waals surface area contributed by atoms with Crippen LogP contribution < -0.4 is 0 Å². The largest absolute Gasteiger partial charge is 0.306 e. The molecule has 0 bridgehead atoms. The number of fused-ring (bicyclic) bond motifs is 7. The first kappa shape index (κ1) is 21.6. The third-order valence-electron chi connectivity index (χ3n) is 7.63. The van der Waals surface area contributed by atoms with Crippen LogP contribution in [-0.2, 0) is 0 Å². The molecule has 0 spiro atoms. The van der Waals surface area contributed by atoms with E-state index in [1.54, 1.807) is 0 Å². The summed E-state index contributed by atoms with van der Waals surface area (Å²) in [6.45, 7) is 0. The van der Waals surface area contributed by atoms with Crippen LogP contribution in [0.2, 0.25) is 0 Å². The molecule has 0 atom stereocenters. The van der Waals surface area contributed by atoms with Crippen LogP contribution in [0.5, 0.6) is 0 Å². The number of aromatic nitrogens is 2. The molecule has 4 aromatic carbocycles. The highest BCUT2D eigenvalue weighted by Crippen LogP contribution is 2.42. The van der Waals surface area contributed by atoms with Crippen LogP contribution in [0.25, 0.3) is 64.5 Å². The van der Waals surface area contributed by atoms with Gasteiger partial charge in [-0.15, -0.1) is 11.3 Å². The molecule has 3 heterocycles. The lowest BCUT2D eigenvalue weighted by molar-refractivity contribution is 1.04. The Hall–Kier alpha value is -4.47. The Morgan fingerprint density at radius 1 is 0.684 bits per heavy atom. The van der Waals surface area contributed by atoms with Crippen molar-refractivity contribution >= 4 is 59.0 Å². The highest BCUT2D eigenvalue weighted by atomic mass is 32.1. The van der Waals surface area contributed by atoms with E-state index in [1.165, 1.54) is 64.5 Å². The van der Waals surface area contributed by atoms with Gasteiger partial charge in [-0.2, -0.15) is 0 Å². The van der Waals surface area contributed by atoms with Crippen molar-refractivity contribution in [3.8, 4) is 16.8 Å². The van der Waals surface area contributed by atoms with Gasteiger partial charge in [-0.1, -0.05) is 85.0 Å². The standard InChI is InChI=1S/C35H24N2S/c1-3-11-23(12-4-1)25-19-26(24-13-5-2-6-14-24)21-27(20-25)37-31-17-9-7-16-29(31)33-34(37)35-30(22-36-33)28-15-8-10-18-32(28)38-35/h1,3-5,7-22H,2,6H2. The monoisotopic (exact) mass is 504 g/mol. The zero-order valence-electron chi connectivity index (χ0n) is 20.8. The van der Waals surface area contributed by atoms with Gasteiger partial charge in [0.05, 0.1) is 21.3 Å². The first-order valence-corrected chi connectivity index (χ1v) is 13.9. The molecule has 0 N–H and O–H groups in total. The predicted octanol–water partition coefficient (Wildman–Crippen LogP) is 9.95. The first-order valence-electron chi connectivity index (χ1n) is 13.1. The van der Waals surface area contributed by atoms with E-state index in [0.717, 1.165) is 18.4 Å². The van der Waals surface area contributed by atoms with Gasteiger partial charge in [-0.3, -0.25) is 4.98 Å². The van der Waals surface area contributed by atoms with Crippen molar-refractivity contribution in [1.82, 2.24) is 9.55 Å². The van der Waals surface area contributed by atoms with Crippen LogP contribution in [-0.4, -0.2) is 9.55 Å². The summed E-state index contributed by atoms with van der Waals surface area (Å²) in [5, 5.41) is 3.68. The van der Waals surface area contributed by atoms with Gasteiger partial charge in [-0.25, -0.2) is 0 Å². The third-order valence-corrected chi connectivity index (χ3v) is 8.82. The average Bonchev–Trinajstić information content (AvgIpc) is 3.54. The fourth-order valence-electron chi connectivity index (χ4n) is 5.86. The lowest BCUT2D eigenvalue weighted by atomic mass is 9.95. The minimum Gasteiger partial charge on any atom is -0.306 e. The molecule has 7 aromatic rings. The van der Waals surface area contributed by atoms with Gasteiger partial charge in [0, 0.05) is 32.7 Å². The van der Waals surface area contributed by atoms with E-state index in [2.05, 4.69) is 126 Å². The summed E-state index contributed by atoms with van der Waals surface area (Å²) in [5.74, 6) is 0. The van der Waals surface area contributed by atoms with Crippen LogP contribution >= 0.6 is 11.3 Å². The Kier molecular flexibility index (Phi) is 4.86. The molecular formula is C35H24N2S. The highest BCUT2D eigenvalue weighted by Gasteiger charge is 2.19. The Bertz CT molecular complexity index is 2070. The maximum atomic E-state index is 5.06. The fourth-order valence-corrected chi connectivity index (χ4v) is 7.07. The van der Waals surface area contributed by atoms with Crippen LogP contribution in [0.4, 0.5) is 0 Å². The molecule has 0 unspecified atom stereocenters. The second-order valence-electron chi connectivity index (χ2n) is 9.92. The molecule has 1 aliphatic rings. The maximum Gasteiger partial charge on any atom is 0.0978 e. The van der Waals surface area contributed by atoms with E-state index >= 15 is 0 Å². The molecule has 0 radical (unpaired) electrons. The Balaban J connectivity index is 1.51. The molecule has 0 aliphatic heterocycles.